The SMILES string of the molecule is CCN1CCN(CCn2c(=O)n(C)n3c4c(nc23)N(N)CN=C4c2ccco2)CC1. The lowest BCUT2D eigenvalue weighted by molar-refractivity contribution is 0.134. The van der Waals surface area contributed by atoms with Crippen LogP contribution in [0.1, 0.15) is 18.4 Å². The molecule has 0 radical (unpaired) electrons. The largest absolute Gasteiger partial charge is 0.463 e. The van der Waals surface area contributed by atoms with Crippen LogP contribution in [0.3, 0.4) is 0 Å². The average Bonchev–Trinajstić information content (AvgIpc) is 3.47. The summed E-state index contributed by atoms with van der Waals surface area (Å²) in [6.45, 7) is 9.10. The van der Waals surface area contributed by atoms with Crippen LogP contribution >= 0.6 is 0 Å². The van der Waals surface area contributed by atoms with Crippen molar-refractivity contribution in [3.8, 4) is 0 Å². The van der Waals surface area contributed by atoms with E-state index in [4.69, 9.17) is 15.2 Å². The van der Waals surface area contributed by atoms with Crippen LogP contribution in [0.2, 0.25) is 0 Å². The molecular weight excluding hydrogens is 386 g/mol. The van der Waals surface area contributed by atoms with Gasteiger partial charge in [-0.3, -0.25) is 19.5 Å². The summed E-state index contributed by atoms with van der Waals surface area (Å²) in [5, 5.41) is 1.49. The molecule has 2 N–H and O–H groups in total. The van der Waals surface area contributed by atoms with Crippen LogP contribution in [-0.2, 0) is 13.6 Å². The summed E-state index contributed by atoms with van der Waals surface area (Å²) in [5.74, 6) is 7.93. The first-order valence-electron chi connectivity index (χ1n) is 10.3. The molecule has 11 heteroatoms. The third-order valence-electron chi connectivity index (χ3n) is 6.05. The van der Waals surface area contributed by atoms with E-state index in [2.05, 4.69) is 21.7 Å². The Bertz CT molecular complexity index is 1130. The molecule has 1 saturated heterocycles. The molecule has 11 nitrogen and oxygen atoms in total. The van der Waals surface area contributed by atoms with Gasteiger partial charge in [0, 0.05) is 46.3 Å². The van der Waals surface area contributed by atoms with Crippen molar-refractivity contribution in [2.24, 2.45) is 17.9 Å². The molecule has 2 aliphatic rings. The predicted molar refractivity (Wildman–Crippen MR) is 113 cm³/mol. The number of aromatic nitrogens is 4. The molecule has 0 unspecified atom stereocenters. The first-order valence-corrected chi connectivity index (χ1v) is 10.3. The molecule has 3 aromatic heterocycles. The summed E-state index contributed by atoms with van der Waals surface area (Å²) in [7, 11) is 1.74. The molecule has 0 aliphatic carbocycles. The number of hydrazine groups is 1. The van der Waals surface area contributed by atoms with Gasteiger partial charge in [0.1, 0.15) is 18.1 Å². The Hall–Kier alpha value is -2.89. The molecule has 2 aliphatic heterocycles. The second-order valence-electron chi connectivity index (χ2n) is 7.72. The number of anilines is 1. The number of likely N-dealkylation sites (N-methyl/N-ethyl adjacent to an activating group) is 1. The zero-order valence-electron chi connectivity index (χ0n) is 17.4. The highest BCUT2D eigenvalue weighted by molar-refractivity contribution is 6.14. The number of hydrogen-bond donors (Lipinski definition) is 1. The molecule has 5 rings (SSSR count). The van der Waals surface area contributed by atoms with Crippen molar-refractivity contribution in [1.82, 2.24) is 28.5 Å². The minimum Gasteiger partial charge on any atom is -0.463 e. The Morgan fingerprint density at radius 1 is 1.17 bits per heavy atom. The van der Waals surface area contributed by atoms with Crippen molar-refractivity contribution in [1.29, 1.82) is 0 Å². The van der Waals surface area contributed by atoms with Gasteiger partial charge in [-0.25, -0.2) is 19.8 Å². The number of nitrogens with zero attached hydrogens (tertiary/aromatic N) is 8. The van der Waals surface area contributed by atoms with Crippen molar-refractivity contribution >= 4 is 17.3 Å². The van der Waals surface area contributed by atoms with Gasteiger partial charge in [0.25, 0.3) is 0 Å². The highest BCUT2D eigenvalue weighted by atomic mass is 16.3. The number of aryl methyl sites for hydroxylation is 1. The van der Waals surface area contributed by atoms with Gasteiger partial charge in [0.2, 0.25) is 5.78 Å². The summed E-state index contributed by atoms with van der Waals surface area (Å²) in [4.78, 5) is 27.1. The van der Waals surface area contributed by atoms with Crippen LogP contribution < -0.4 is 16.5 Å². The minimum absolute atomic E-state index is 0.111. The summed E-state index contributed by atoms with van der Waals surface area (Å²) in [6.07, 6.45) is 1.60. The van der Waals surface area contributed by atoms with Crippen LogP contribution in [0.5, 0.6) is 0 Å². The molecule has 30 heavy (non-hydrogen) atoms. The molecule has 5 heterocycles. The second-order valence-corrected chi connectivity index (χ2v) is 7.72. The maximum Gasteiger partial charge on any atom is 0.345 e. The molecule has 3 aromatic rings. The molecule has 0 atom stereocenters. The topological polar surface area (TPSA) is 105 Å². The number of rotatable bonds is 5. The number of aliphatic imine (C=N–C) groups is 1. The molecule has 0 amide bonds. The molecule has 0 bridgehead atoms. The van der Waals surface area contributed by atoms with Crippen molar-refractivity contribution < 1.29 is 4.42 Å². The highest BCUT2D eigenvalue weighted by Gasteiger charge is 2.31. The van der Waals surface area contributed by atoms with Gasteiger partial charge in [0.05, 0.1) is 6.26 Å². The van der Waals surface area contributed by atoms with E-state index >= 15 is 0 Å². The maximum atomic E-state index is 13.0. The maximum absolute atomic E-state index is 13.0. The lowest BCUT2D eigenvalue weighted by Gasteiger charge is -2.33. The highest BCUT2D eigenvalue weighted by Crippen LogP contribution is 2.26. The Labute approximate surface area is 173 Å². The van der Waals surface area contributed by atoms with Gasteiger partial charge in [0.15, 0.2) is 11.6 Å². The fourth-order valence-electron chi connectivity index (χ4n) is 4.26. The van der Waals surface area contributed by atoms with E-state index in [9.17, 15) is 4.79 Å². The number of nitrogens with two attached hydrogens (primary N) is 1. The molecule has 1 fully saturated rings. The molecule has 0 saturated carbocycles. The molecule has 160 valence electrons. The summed E-state index contributed by atoms with van der Waals surface area (Å²) in [6, 6.07) is 3.66. The number of fused-ring (bicyclic) bond motifs is 3. The first-order chi connectivity index (χ1) is 14.6. The third-order valence-corrected chi connectivity index (χ3v) is 6.05. The van der Waals surface area contributed by atoms with Gasteiger partial charge in [-0.15, -0.1) is 0 Å². The lowest BCUT2D eigenvalue weighted by atomic mass is 10.2. The summed E-state index contributed by atoms with van der Waals surface area (Å²) >= 11 is 0. The van der Waals surface area contributed by atoms with Gasteiger partial charge >= 0.3 is 5.69 Å². The Kier molecular flexibility index (Phi) is 4.72. The third kappa shape index (κ3) is 2.97. The van der Waals surface area contributed by atoms with E-state index in [-0.39, 0.29) is 12.4 Å². The first kappa shape index (κ1) is 19.1. The smallest absolute Gasteiger partial charge is 0.345 e. The fourth-order valence-corrected chi connectivity index (χ4v) is 4.26. The monoisotopic (exact) mass is 413 g/mol. The van der Waals surface area contributed by atoms with Crippen molar-refractivity contribution in [3.05, 3.63) is 40.3 Å². The number of hydrogen-bond acceptors (Lipinski definition) is 8. The van der Waals surface area contributed by atoms with Crippen molar-refractivity contribution in [2.45, 2.75) is 13.5 Å². The van der Waals surface area contributed by atoms with Gasteiger partial charge in [-0.1, -0.05) is 6.92 Å². The number of furan rings is 1. The molecule has 0 aromatic carbocycles. The van der Waals surface area contributed by atoms with E-state index in [1.807, 2.05) is 12.1 Å². The van der Waals surface area contributed by atoms with E-state index in [0.29, 0.717) is 35.3 Å². The Balaban J connectivity index is 1.50. The van der Waals surface area contributed by atoms with E-state index < -0.39 is 0 Å². The normalized spacial score (nSPS) is 18.2. The fraction of sp³-hybridized carbons (Fsp3) is 0.526. The molecular formula is C19H27N9O2. The predicted octanol–water partition coefficient (Wildman–Crippen LogP) is -0.446. The summed E-state index contributed by atoms with van der Waals surface area (Å²) < 4.78 is 10.6. The average molecular weight is 413 g/mol. The van der Waals surface area contributed by atoms with Crippen LogP contribution in [0, 0.1) is 0 Å². The van der Waals surface area contributed by atoms with Gasteiger partial charge < -0.3 is 9.32 Å². The van der Waals surface area contributed by atoms with E-state index in [1.165, 1.54) is 5.01 Å². The zero-order valence-corrected chi connectivity index (χ0v) is 17.4. The minimum atomic E-state index is -0.111. The van der Waals surface area contributed by atoms with Gasteiger partial charge in [-0.05, 0) is 18.7 Å². The zero-order chi connectivity index (χ0) is 20.8. The number of imidazole rings is 1. The van der Waals surface area contributed by atoms with Crippen molar-refractivity contribution in [2.75, 3.05) is 50.9 Å². The quantitative estimate of drug-likeness (QED) is 0.565. The molecule has 0 spiro atoms. The Morgan fingerprint density at radius 3 is 2.63 bits per heavy atom. The van der Waals surface area contributed by atoms with Crippen molar-refractivity contribution in [3.63, 3.8) is 0 Å². The van der Waals surface area contributed by atoms with E-state index in [0.717, 1.165) is 39.3 Å². The van der Waals surface area contributed by atoms with Crippen LogP contribution in [0.25, 0.3) is 5.78 Å². The lowest BCUT2D eigenvalue weighted by Crippen LogP contribution is -2.47. The van der Waals surface area contributed by atoms with Crippen LogP contribution in [-0.4, -0.2) is 80.2 Å². The van der Waals surface area contributed by atoms with Gasteiger partial charge in [-0.2, -0.15) is 4.98 Å². The Morgan fingerprint density at radius 2 is 1.93 bits per heavy atom. The standard InChI is InChI=1S/C19H27N9O2/c1-3-24-6-8-25(9-7-24)10-11-26-18-22-17-16(28(18)23(2)19(26)29)15(21-13-27(17)20)14-5-4-12-30-14/h4-5,12H,3,6-11,13,20H2,1-2H3. The van der Waals surface area contributed by atoms with E-state index in [1.54, 1.807) is 27.1 Å². The van der Waals surface area contributed by atoms with Crippen LogP contribution in [0.4, 0.5) is 5.82 Å². The second kappa shape index (κ2) is 7.42. The number of piperazine rings is 1. The van der Waals surface area contributed by atoms with Crippen LogP contribution in [0.15, 0.2) is 32.6 Å². The summed E-state index contributed by atoms with van der Waals surface area (Å²) in [5.41, 5.74) is 1.21.